The van der Waals surface area contributed by atoms with Gasteiger partial charge in [-0.3, -0.25) is 4.79 Å². The smallest absolute Gasteiger partial charge is 0.138 e. The molecule has 1 aliphatic rings. The number of nitrogens with one attached hydrogen (secondary N) is 1. The molecule has 1 saturated heterocycles. The van der Waals surface area contributed by atoms with Crippen LogP contribution >= 0.6 is 11.3 Å². The second kappa shape index (κ2) is 7.05. The number of aryl methyl sites for hydroxylation is 1. The number of carbonyl (C=O) groups is 1. The maximum Gasteiger partial charge on any atom is 0.138 e. The molecule has 0 radical (unpaired) electrons. The van der Waals surface area contributed by atoms with E-state index in [-0.39, 0.29) is 0 Å². The van der Waals surface area contributed by atoms with E-state index < -0.39 is 0 Å². The fourth-order valence-corrected chi connectivity index (χ4v) is 3.51. The summed E-state index contributed by atoms with van der Waals surface area (Å²) in [4.78, 5) is 14.6. The Morgan fingerprint density at radius 1 is 1.44 bits per heavy atom. The van der Waals surface area contributed by atoms with E-state index in [1.54, 1.807) is 11.3 Å². The Morgan fingerprint density at radius 2 is 2.28 bits per heavy atom. The lowest BCUT2D eigenvalue weighted by Gasteiger charge is -2.22. The van der Waals surface area contributed by atoms with E-state index >= 15 is 0 Å². The van der Waals surface area contributed by atoms with Crippen molar-refractivity contribution in [3.05, 3.63) is 21.9 Å². The van der Waals surface area contributed by atoms with Gasteiger partial charge in [0.2, 0.25) is 0 Å². The summed E-state index contributed by atoms with van der Waals surface area (Å²) >= 11 is 1.79. The van der Waals surface area contributed by atoms with Gasteiger partial charge >= 0.3 is 0 Å². The van der Waals surface area contributed by atoms with E-state index in [2.05, 4.69) is 24.4 Å². The van der Waals surface area contributed by atoms with Crippen molar-refractivity contribution >= 4 is 17.1 Å². The second-order valence-corrected chi connectivity index (χ2v) is 6.44. The van der Waals surface area contributed by atoms with Gasteiger partial charge in [0.1, 0.15) is 5.78 Å². The molecule has 0 bridgehead atoms. The minimum absolute atomic E-state index is 0.407. The predicted molar refractivity (Wildman–Crippen MR) is 77.2 cm³/mol. The summed E-state index contributed by atoms with van der Waals surface area (Å²) in [6.07, 6.45) is 6.10. The summed E-state index contributed by atoms with van der Waals surface area (Å²) in [7, 11) is 0. The Balaban J connectivity index is 1.71. The molecule has 100 valence electrons. The molecule has 1 fully saturated rings. The number of ketones is 1. The molecule has 0 saturated carbocycles. The minimum atomic E-state index is 0.407. The molecular formula is C15H23NOS. The van der Waals surface area contributed by atoms with Crippen LogP contribution in [0.4, 0.5) is 0 Å². The molecule has 0 aromatic carbocycles. The lowest BCUT2D eigenvalue weighted by atomic mass is 9.93. The van der Waals surface area contributed by atoms with E-state index in [1.807, 2.05) is 0 Å². The zero-order chi connectivity index (χ0) is 12.8. The van der Waals surface area contributed by atoms with Crippen LogP contribution in [0, 0.1) is 5.92 Å². The Bertz CT molecular complexity index is 380. The number of hydrogen-bond acceptors (Lipinski definition) is 3. The van der Waals surface area contributed by atoms with Gasteiger partial charge in [-0.2, -0.15) is 0 Å². The SMILES string of the molecule is CCc1ccc(CC(=O)CCC2CCCNC2)s1. The van der Waals surface area contributed by atoms with Crippen LogP contribution in [0.2, 0.25) is 0 Å². The van der Waals surface area contributed by atoms with Gasteiger partial charge in [-0.1, -0.05) is 6.92 Å². The highest BCUT2D eigenvalue weighted by molar-refractivity contribution is 7.12. The highest BCUT2D eigenvalue weighted by atomic mass is 32.1. The molecule has 2 nitrogen and oxygen atoms in total. The third-order valence-corrected chi connectivity index (χ3v) is 4.90. The number of carbonyl (C=O) groups excluding carboxylic acids is 1. The molecule has 1 unspecified atom stereocenters. The van der Waals surface area contributed by atoms with Crippen LogP contribution in [0.25, 0.3) is 0 Å². The van der Waals surface area contributed by atoms with Crippen molar-refractivity contribution in [1.82, 2.24) is 5.32 Å². The fraction of sp³-hybridized carbons (Fsp3) is 0.667. The Kier molecular flexibility index (Phi) is 5.39. The zero-order valence-electron chi connectivity index (χ0n) is 11.2. The lowest BCUT2D eigenvalue weighted by Crippen LogP contribution is -2.30. The fourth-order valence-electron chi connectivity index (χ4n) is 2.53. The van der Waals surface area contributed by atoms with Crippen LogP contribution < -0.4 is 5.32 Å². The first-order valence-corrected chi connectivity index (χ1v) is 7.89. The highest BCUT2D eigenvalue weighted by Crippen LogP contribution is 2.20. The number of rotatable bonds is 6. The van der Waals surface area contributed by atoms with Gasteiger partial charge in [0.05, 0.1) is 0 Å². The first kappa shape index (κ1) is 13.8. The van der Waals surface area contributed by atoms with E-state index in [0.29, 0.717) is 12.2 Å². The predicted octanol–water partition coefficient (Wildman–Crippen LogP) is 3.20. The topological polar surface area (TPSA) is 29.1 Å². The van der Waals surface area contributed by atoms with Crippen molar-refractivity contribution in [2.45, 2.75) is 45.4 Å². The Labute approximate surface area is 114 Å². The lowest BCUT2D eigenvalue weighted by molar-refractivity contribution is -0.118. The third-order valence-electron chi connectivity index (χ3n) is 3.67. The number of Topliss-reactive ketones (excluding diaryl/α,β-unsaturated/α-hetero) is 1. The maximum atomic E-state index is 11.9. The van der Waals surface area contributed by atoms with E-state index in [0.717, 1.165) is 38.3 Å². The molecule has 2 heterocycles. The molecule has 2 rings (SSSR count). The molecule has 1 aliphatic heterocycles. The third kappa shape index (κ3) is 4.21. The first-order chi connectivity index (χ1) is 8.78. The molecule has 1 atom stereocenters. The van der Waals surface area contributed by atoms with Gasteiger partial charge in [0.25, 0.3) is 0 Å². The van der Waals surface area contributed by atoms with E-state index in [4.69, 9.17) is 0 Å². The number of piperidine rings is 1. The standard InChI is InChI=1S/C15H23NOS/c1-2-14-7-8-15(18-14)10-13(17)6-5-12-4-3-9-16-11-12/h7-8,12,16H,2-6,9-11H2,1H3. The van der Waals surface area contributed by atoms with Gasteiger partial charge in [-0.15, -0.1) is 11.3 Å². The summed E-state index contributed by atoms with van der Waals surface area (Å²) in [6.45, 7) is 4.42. The summed E-state index contributed by atoms with van der Waals surface area (Å²) < 4.78 is 0. The van der Waals surface area contributed by atoms with Crippen molar-refractivity contribution in [3.63, 3.8) is 0 Å². The van der Waals surface area contributed by atoms with Crippen LogP contribution in [-0.2, 0) is 17.6 Å². The van der Waals surface area contributed by atoms with Crippen LogP contribution in [0.3, 0.4) is 0 Å². The summed E-state index contributed by atoms with van der Waals surface area (Å²) in [5, 5.41) is 3.41. The Hall–Kier alpha value is -0.670. The largest absolute Gasteiger partial charge is 0.316 e. The first-order valence-electron chi connectivity index (χ1n) is 7.08. The van der Waals surface area contributed by atoms with E-state index in [1.165, 1.54) is 22.6 Å². The Morgan fingerprint density at radius 3 is 2.94 bits per heavy atom. The quantitative estimate of drug-likeness (QED) is 0.856. The van der Waals surface area contributed by atoms with Gasteiger partial charge in [0.15, 0.2) is 0 Å². The molecule has 1 N–H and O–H groups in total. The highest BCUT2D eigenvalue weighted by Gasteiger charge is 2.14. The van der Waals surface area contributed by atoms with Gasteiger partial charge in [0, 0.05) is 22.6 Å². The number of thiophene rings is 1. The molecule has 0 amide bonds. The van der Waals surface area contributed by atoms with Crippen molar-refractivity contribution in [3.8, 4) is 0 Å². The maximum absolute atomic E-state index is 11.9. The van der Waals surface area contributed by atoms with Gasteiger partial charge < -0.3 is 5.32 Å². The summed E-state index contributed by atoms with van der Waals surface area (Å²) in [6, 6.07) is 4.27. The molecule has 3 heteroatoms. The molecule has 0 spiro atoms. The van der Waals surface area contributed by atoms with Crippen LogP contribution in [0.5, 0.6) is 0 Å². The molecule has 1 aromatic rings. The monoisotopic (exact) mass is 265 g/mol. The summed E-state index contributed by atoms with van der Waals surface area (Å²) in [5.74, 6) is 1.13. The minimum Gasteiger partial charge on any atom is -0.316 e. The van der Waals surface area contributed by atoms with E-state index in [9.17, 15) is 4.79 Å². The second-order valence-electron chi connectivity index (χ2n) is 5.19. The summed E-state index contributed by atoms with van der Waals surface area (Å²) in [5.41, 5.74) is 0. The van der Waals surface area contributed by atoms with Crippen LogP contribution in [-0.4, -0.2) is 18.9 Å². The van der Waals surface area contributed by atoms with Gasteiger partial charge in [-0.25, -0.2) is 0 Å². The molecule has 0 aliphatic carbocycles. The molecule has 18 heavy (non-hydrogen) atoms. The van der Waals surface area contributed by atoms with Crippen LogP contribution in [0.15, 0.2) is 12.1 Å². The van der Waals surface area contributed by atoms with Crippen molar-refractivity contribution < 1.29 is 4.79 Å². The number of hydrogen-bond donors (Lipinski definition) is 1. The van der Waals surface area contributed by atoms with Crippen LogP contribution in [0.1, 0.15) is 42.4 Å². The average Bonchev–Trinajstić information content (AvgIpc) is 2.85. The molecule has 1 aromatic heterocycles. The van der Waals surface area contributed by atoms with Gasteiger partial charge in [-0.05, 0) is 56.8 Å². The zero-order valence-corrected chi connectivity index (χ0v) is 12.0. The molecular weight excluding hydrogens is 242 g/mol. The van der Waals surface area contributed by atoms with Crippen molar-refractivity contribution in [1.29, 1.82) is 0 Å². The van der Waals surface area contributed by atoms with Crippen molar-refractivity contribution in [2.24, 2.45) is 5.92 Å². The average molecular weight is 265 g/mol. The normalized spacial score (nSPS) is 19.9. The van der Waals surface area contributed by atoms with Crippen molar-refractivity contribution in [2.75, 3.05) is 13.1 Å².